The van der Waals surface area contributed by atoms with Crippen LogP contribution in [0.4, 0.5) is 4.39 Å². The number of benzene rings is 3. The van der Waals surface area contributed by atoms with Crippen molar-refractivity contribution < 1.29 is 28.2 Å². The van der Waals surface area contributed by atoms with Crippen LogP contribution in [0.1, 0.15) is 40.1 Å². The Labute approximate surface area is 190 Å². The van der Waals surface area contributed by atoms with Gasteiger partial charge >= 0.3 is 5.97 Å². The zero-order chi connectivity index (χ0) is 23.6. The number of esters is 1. The topological polar surface area (TPSA) is 86.2 Å². The number of rotatable bonds is 9. The lowest BCUT2D eigenvalue weighted by molar-refractivity contribution is 0.0728. The molecule has 0 unspecified atom stereocenters. The number of nitrogens with zero attached hydrogens (tertiary/aromatic N) is 1. The summed E-state index contributed by atoms with van der Waals surface area (Å²) in [6.07, 6.45) is 1.42. The average molecular weight is 450 g/mol. The van der Waals surface area contributed by atoms with Crippen molar-refractivity contribution in [2.24, 2.45) is 5.10 Å². The second kappa shape index (κ2) is 11.4. The van der Waals surface area contributed by atoms with E-state index < -0.39 is 17.7 Å². The molecular formula is C25H23FN2O5. The molecular weight excluding hydrogens is 427 g/mol. The maximum absolute atomic E-state index is 13.0. The number of carbonyl (C=O) groups excluding carboxylic acids is 2. The molecule has 7 nitrogen and oxygen atoms in total. The van der Waals surface area contributed by atoms with Crippen molar-refractivity contribution in [2.75, 3.05) is 13.2 Å². The second-order valence-electron chi connectivity index (χ2n) is 6.69. The third-order valence-corrected chi connectivity index (χ3v) is 4.36. The van der Waals surface area contributed by atoms with Crippen LogP contribution in [0.3, 0.4) is 0 Å². The zero-order valence-corrected chi connectivity index (χ0v) is 18.2. The molecule has 3 aromatic rings. The van der Waals surface area contributed by atoms with Gasteiger partial charge in [-0.3, -0.25) is 4.79 Å². The molecule has 1 amide bonds. The van der Waals surface area contributed by atoms with E-state index in [-0.39, 0.29) is 11.3 Å². The molecule has 0 radical (unpaired) electrons. The number of carbonyl (C=O) groups is 2. The van der Waals surface area contributed by atoms with Gasteiger partial charge in [-0.1, -0.05) is 0 Å². The molecule has 8 heteroatoms. The number of amides is 1. The summed E-state index contributed by atoms with van der Waals surface area (Å²) in [6, 6.07) is 16.6. The third kappa shape index (κ3) is 6.64. The Hall–Kier alpha value is -4.20. The fraction of sp³-hybridized carbons (Fsp3) is 0.160. The summed E-state index contributed by atoms with van der Waals surface area (Å²) < 4.78 is 29.4. The highest BCUT2D eigenvalue weighted by Crippen LogP contribution is 2.29. The molecule has 0 spiro atoms. The van der Waals surface area contributed by atoms with Crippen molar-refractivity contribution in [1.29, 1.82) is 0 Å². The molecule has 170 valence electrons. The van der Waals surface area contributed by atoms with Crippen molar-refractivity contribution in [3.63, 3.8) is 0 Å². The number of hydrogen-bond donors (Lipinski definition) is 1. The SMILES string of the molecule is CCOc1ccc(C(=O)Oc2ccc(C=NNC(=O)c3ccc(F)cc3)cc2OCC)cc1. The highest BCUT2D eigenvalue weighted by molar-refractivity contribution is 5.95. The van der Waals surface area contributed by atoms with Crippen molar-refractivity contribution in [3.8, 4) is 17.2 Å². The Kier molecular flexibility index (Phi) is 8.13. The van der Waals surface area contributed by atoms with Gasteiger partial charge in [-0.2, -0.15) is 5.10 Å². The van der Waals surface area contributed by atoms with Gasteiger partial charge in [0.2, 0.25) is 0 Å². The minimum atomic E-state index is -0.535. The molecule has 0 aliphatic rings. The lowest BCUT2D eigenvalue weighted by Crippen LogP contribution is -2.17. The Morgan fingerprint density at radius 2 is 1.55 bits per heavy atom. The predicted octanol–water partition coefficient (Wildman–Crippen LogP) is 4.61. The Morgan fingerprint density at radius 1 is 0.879 bits per heavy atom. The Bertz CT molecular complexity index is 1130. The van der Waals surface area contributed by atoms with Crippen LogP contribution in [0, 0.1) is 5.82 Å². The first-order valence-corrected chi connectivity index (χ1v) is 10.3. The van der Waals surface area contributed by atoms with Gasteiger partial charge in [0, 0.05) is 5.56 Å². The van der Waals surface area contributed by atoms with Gasteiger partial charge in [0.05, 0.1) is 25.0 Å². The summed E-state index contributed by atoms with van der Waals surface area (Å²) in [5, 5.41) is 3.91. The molecule has 0 aliphatic heterocycles. The smallest absolute Gasteiger partial charge is 0.343 e. The first kappa shape index (κ1) is 23.5. The molecule has 0 saturated heterocycles. The lowest BCUT2D eigenvalue weighted by atomic mass is 10.2. The molecule has 0 aromatic heterocycles. The summed E-state index contributed by atoms with van der Waals surface area (Å²) in [5.41, 5.74) is 3.63. The van der Waals surface area contributed by atoms with Gasteiger partial charge in [-0.15, -0.1) is 0 Å². The van der Waals surface area contributed by atoms with E-state index in [0.717, 1.165) is 0 Å². The molecule has 3 aromatic carbocycles. The molecule has 0 aliphatic carbocycles. The maximum atomic E-state index is 13.0. The van der Waals surface area contributed by atoms with E-state index >= 15 is 0 Å². The summed E-state index contributed by atoms with van der Waals surface area (Å²) in [4.78, 5) is 24.6. The number of hydrazone groups is 1. The standard InChI is InChI=1S/C25H23FN2O5/c1-3-31-21-12-8-19(9-13-21)25(30)33-22-14-5-17(15-23(22)32-4-2)16-27-28-24(29)18-6-10-20(26)11-7-18/h5-16H,3-4H2,1-2H3,(H,28,29). The number of ether oxygens (including phenoxy) is 3. The van der Waals surface area contributed by atoms with Crippen molar-refractivity contribution >= 4 is 18.1 Å². The highest BCUT2D eigenvalue weighted by Gasteiger charge is 2.13. The normalized spacial score (nSPS) is 10.6. The van der Waals surface area contributed by atoms with Crippen LogP contribution in [0.2, 0.25) is 0 Å². The lowest BCUT2D eigenvalue weighted by Gasteiger charge is -2.11. The molecule has 3 rings (SSSR count). The highest BCUT2D eigenvalue weighted by atomic mass is 19.1. The molecule has 0 atom stereocenters. The van der Waals surface area contributed by atoms with Gasteiger partial charge < -0.3 is 14.2 Å². The monoisotopic (exact) mass is 450 g/mol. The average Bonchev–Trinajstić information content (AvgIpc) is 2.82. The molecule has 0 saturated carbocycles. The van der Waals surface area contributed by atoms with E-state index in [4.69, 9.17) is 14.2 Å². The van der Waals surface area contributed by atoms with Crippen LogP contribution in [0.25, 0.3) is 0 Å². The summed E-state index contributed by atoms with van der Waals surface area (Å²) in [7, 11) is 0. The largest absolute Gasteiger partial charge is 0.494 e. The zero-order valence-electron chi connectivity index (χ0n) is 18.2. The van der Waals surface area contributed by atoms with Crippen LogP contribution >= 0.6 is 0 Å². The van der Waals surface area contributed by atoms with Crippen LogP contribution in [0.5, 0.6) is 17.2 Å². The minimum absolute atomic E-state index is 0.253. The Morgan fingerprint density at radius 3 is 2.21 bits per heavy atom. The van der Waals surface area contributed by atoms with Crippen LogP contribution in [-0.4, -0.2) is 31.3 Å². The van der Waals surface area contributed by atoms with Crippen LogP contribution < -0.4 is 19.6 Å². The number of hydrogen-bond acceptors (Lipinski definition) is 6. The summed E-state index contributed by atoms with van der Waals surface area (Å²) >= 11 is 0. The molecule has 0 fully saturated rings. The van der Waals surface area contributed by atoms with Gasteiger partial charge in [-0.25, -0.2) is 14.6 Å². The Balaban J connectivity index is 1.67. The fourth-order valence-corrected chi connectivity index (χ4v) is 2.80. The van der Waals surface area contributed by atoms with Crippen molar-refractivity contribution in [3.05, 3.63) is 89.2 Å². The van der Waals surface area contributed by atoms with Gasteiger partial charge in [0.25, 0.3) is 5.91 Å². The first-order valence-electron chi connectivity index (χ1n) is 10.3. The van der Waals surface area contributed by atoms with E-state index in [2.05, 4.69) is 10.5 Å². The van der Waals surface area contributed by atoms with E-state index in [0.29, 0.717) is 35.8 Å². The molecule has 33 heavy (non-hydrogen) atoms. The van der Waals surface area contributed by atoms with Crippen molar-refractivity contribution in [1.82, 2.24) is 5.43 Å². The molecule has 1 N–H and O–H groups in total. The number of halogens is 1. The molecule has 0 heterocycles. The second-order valence-corrected chi connectivity index (χ2v) is 6.69. The van der Waals surface area contributed by atoms with Crippen LogP contribution in [0.15, 0.2) is 71.8 Å². The fourth-order valence-electron chi connectivity index (χ4n) is 2.80. The van der Waals surface area contributed by atoms with E-state index in [1.54, 1.807) is 42.5 Å². The van der Waals surface area contributed by atoms with Gasteiger partial charge in [-0.05, 0) is 86.1 Å². The predicted molar refractivity (Wildman–Crippen MR) is 122 cm³/mol. The number of nitrogens with one attached hydrogen (secondary N) is 1. The summed E-state index contributed by atoms with van der Waals surface area (Å²) in [6.45, 7) is 4.58. The van der Waals surface area contributed by atoms with Gasteiger partial charge in [0.15, 0.2) is 11.5 Å². The quantitative estimate of drug-likeness (QED) is 0.223. The minimum Gasteiger partial charge on any atom is -0.494 e. The third-order valence-electron chi connectivity index (χ3n) is 4.36. The van der Waals surface area contributed by atoms with Gasteiger partial charge in [0.1, 0.15) is 11.6 Å². The molecule has 0 bridgehead atoms. The van der Waals surface area contributed by atoms with E-state index in [9.17, 15) is 14.0 Å². The summed E-state index contributed by atoms with van der Waals surface area (Å²) in [5.74, 6) is -0.168. The van der Waals surface area contributed by atoms with E-state index in [1.165, 1.54) is 30.5 Å². The first-order chi connectivity index (χ1) is 16.0. The van der Waals surface area contributed by atoms with Crippen molar-refractivity contribution in [2.45, 2.75) is 13.8 Å². The van der Waals surface area contributed by atoms with Crippen LogP contribution in [-0.2, 0) is 0 Å². The maximum Gasteiger partial charge on any atom is 0.343 e. The van der Waals surface area contributed by atoms with E-state index in [1.807, 2.05) is 13.8 Å².